The zero-order valence-electron chi connectivity index (χ0n) is 11.8. The molecule has 0 saturated heterocycles. The van der Waals surface area contributed by atoms with E-state index in [1.807, 2.05) is 6.07 Å². The number of anilines is 2. The first-order valence-corrected chi connectivity index (χ1v) is 7.44. The lowest BCUT2D eigenvalue weighted by atomic mass is 9.85. The summed E-state index contributed by atoms with van der Waals surface area (Å²) < 4.78 is 0. The van der Waals surface area contributed by atoms with Gasteiger partial charge in [0.15, 0.2) is 0 Å². The van der Waals surface area contributed by atoms with E-state index in [-0.39, 0.29) is 0 Å². The molecule has 1 aliphatic rings. The van der Waals surface area contributed by atoms with Crippen molar-refractivity contribution < 1.29 is 0 Å². The fourth-order valence-corrected chi connectivity index (χ4v) is 3.16. The molecule has 0 heterocycles. The van der Waals surface area contributed by atoms with Crippen molar-refractivity contribution in [1.82, 2.24) is 0 Å². The van der Waals surface area contributed by atoms with Gasteiger partial charge in [-0.1, -0.05) is 54.6 Å². The molecule has 0 amide bonds. The normalized spacial score (nSPS) is 12.4. The molecule has 1 N–H and O–H groups in total. The summed E-state index contributed by atoms with van der Waals surface area (Å²) in [6.07, 6.45) is 2.22. The molecule has 4 rings (SSSR count). The lowest BCUT2D eigenvalue weighted by Crippen LogP contribution is -2.06. The van der Waals surface area contributed by atoms with Gasteiger partial charge in [0.05, 0.1) is 0 Å². The predicted octanol–water partition coefficient (Wildman–Crippen LogP) is 5.20. The highest BCUT2D eigenvalue weighted by atomic mass is 14.9. The number of hydrogen-bond donors (Lipinski definition) is 1. The Bertz CT molecular complexity index is 775. The van der Waals surface area contributed by atoms with Crippen molar-refractivity contribution in [1.29, 1.82) is 0 Å². The van der Waals surface area contributed by atoms with Gasteiger partial charge in [0.1, 0.15) is 0 Å². The van der Waals surface area contributed by atoms with Gasteiger partial charge in [-0.3, -0.25) is 0 Å². The summed E-state index contributed by atoms with van der Waals surface area (Å²) in [5, 5.41) is 3.56. The smallest absolute Gasteiger partial charge is 0.0423 e. The Balaban J connectivity index is 1.79. The average Bonchev–Trinajstić information content (AvgIpc) is 2.56. The van der Waals surface area contributed by atoms with Crippen molar-refractivity contribution in [3.8, 4) is 11.1 Å². The van der Waals surface area contributed by atoms with Crippen molar-refractivity contribution >= 4 is 11.4 Å². The number of aryl methyl sites for hydroxylation is 1. The fourth-order valence-electron chi connectivity index (χ4n) is 3.16. The van der Waals surface area contributed by atoms with Gasteiger partial charge in [-0.25, -0.2) is 0 Å². The van der Waals surface area contributed by atoms with Crippen LogP contribution in [0.1, 0.15) is 11.1 Å². The molecule has 0 unspecified atom stereocenters. The monoisotopic (exact) mass is 271 g/mol. The maximum absolute atomic E-state index is 3.56. The molecule has 3 aromatic rings. The van der Waals surface area contributed by atoms with Crippen LogP contribution in [0, 0.1) is 0 Å². The summed E-state index contributed by atoms with van der Waals surface area (Å²) in [6.45, 7) is 0. The maximum atomic E-state index is 3.56. The number of hydrogen-bond acceptors (Lipinski definition) is 1. The second kappa shape index (κ2) is 5.10. The first-order chi connectivity index (χ1) is 10.4. The van der Waals surface area contributed by atoms with Gasteiger partial charge >= 0.3 is 0 Å². The van der Waals surface area contributed by atoms with Crippen LogP contribution in [-0.4, -0.2) is 0 Å². The Hall–Kier alpha value is -2.54. The van der Waals surface area contributed by atoms with E-state index in [2.05, 4.69) is 72.0 Å². The maximum Gasteiger partial charge on any atom is 0.0423 e. The molecule has 1 aliphatic carbocycles. The zero-order chi connectivity index (χ0) is 14.1. The molecule has 1 nitrogen and oxygen atoms in total. The Morgan fingerprint density at radius 3 is 2.29 bits per heavy atom. The topological polar surface area (TPSA) is 12.0 Å². The third-order valence-electron chi connectivity index (χ3n) is 4.18. The summed E-state index contributed by atoms with van der Waals surface area (Å²) in [4.78, 5) is 0. The third kappa shape index (κ3) is 2.21. The predicted molar refractivity (Wildman–Crippen MR) is 89.0 cm³/mol. The van der Waals surface area contributed by atoms with E-state index in [1.165, 1.54) is 27.9 Å². The van der Waals surface area contributed by atoms with Gasteiger partial charge in [0.2, 0.25) is 0 Å². The number of benzene rings is 3. The van der Waals surface area contributed by atoms with Gasteiger partial charge in [-0.05, 0) is 53.3 Å². The Kier molecular flexibility index (Phi) is 2.97. The van der Waals surface area contributed by atoms with Crippen molar-refractivity contribution in [2.24, 2.45) is 0 Å². The highest BCUT2D eigenvalue weighted by Gasteiger charge is 2.17. The van der Waals surface area contributed by atoms with Crippen LogP contribution in [0.4, 0.5) is 11.4 Å². The minimum atomic E-state index is 1.10. The quantitative estimate of drug-likeness (QED) is 0.676. The van der Waals surface area contributed by atoms with Crippen LogP contribution in [0.2, 0.25) is 0 Å². The van der Waals surface area contributed by atoms with Crippen molar-refractivity contribution in [3.63, 3.8) is 0 Å². The molecule has 0 atom stereocenters. The van der Waals surface area contributed by atoms with Crippen molar-refractivity contribution in [2.75, 3.05) is 5.32 Å². The van der Waals surface area contributed by atoms with Gasteiger partial charge in [-0.2, -0.15) is 0 Å². The van der Waals surface area contributed by atoms with Crippen LogP contribution >= 0.6 is 0 Å². The molecular weight excluding hydrogens is 254 g/mol. The van der Waals surface area contributed by atoms with E-state index < -0.39 is 0 Å². The molecule has 1 heteroatoms. The van der Waals surface area contributed by atoms with Crippen LogP contribution < -0.4 is 5.32 Å². The van der Waals surface area contributed by atoms with E-state index in [9.17, 15) is 0 Å². The van der Waals surface area contributed by atoms with Crippen LogP contribution in [-0.2, 0) is 12.8 Å². The number of para-hydroxylation sites is 1. The number of nitrogens with one attached hydrogen (secondary N) is 1. The summed E-state index contributed by atoms with van der Waals surface area (Å²) in [5.41, 5.74) is 8.02. The lowest BCUT2D eigenvalue weighted by Gasteiger charge is -2.23. The van der Waals surface area contributed by atoms with Crippen LogP contribution in [0.25, 0.3) is 11.1 Å². The van der Waals surface area contributed by atoms with E-state index in [0.717, 1.165) is 18.5 Å². The molecule has 0 saturated carbocycles. The van der Waals surface area contributed by atoms with Gasteiger partial charge in [0, 0.05) is 11.4 Å². The molecular formula is C20H17N. The molecule has 0 bridgehead atoms. The van der Waals surface area contributed by atoms with Crippen LogP contribution in [0.3, 0.4) is 0 Å². The van der Waals surface area contributed by atoms with Crippen LogP contribution in [0.5, 0.6) is 0 Å². The fraction of sp³-hybridized carbons (Fsp3) is 0.100. The summed E-state index contributed by atoms with van der Waals surface area (Å²) in [6, 6.07) is 25.7. The van der Waals surface area contributed by atoms with E-state index in [4.69, 9.17) is 0 Å². The van der Waals surface area contributed by atoms with E-state index in [1.54, 1.807) is 0 Å². The standard InChI is InChI=1S/C20H17N/c1-2-8-16(9-3-1)21-20-12-6-11-18-17-10-5-4-7-15(17)13-14-19(18)20/h1-12,21H,13-14H2. The molecule has 102 valence electrons. The minimum absolute atomic E-state index is 1.10. The Labute approximate surface area is 125 Å². The van der Waals surface area contributed by atoms with Gasteiger partial charge in [-0.15, -0.1) is 0 Å². The first-order valence-electron chi connectivity index (χ1n) is 7.44. The molecule has 21 heavy (non-hydrogen) atoms. The summed E-state index contributed by atoms with van der Waals surface area (Å²) in [7, 11) is 0. The van der Waals surface area contributed by atoms with Gasteiger partial charge in [0.25, 0.3) is 0 Å². The van der Waals surface area contributed by atoms with Gasteiger partial charge < -0.3 is 5.32 Å². The number of fused-ring (bicyclic) bond motifs is 3. The number of rotatable bonds is 2. The second-order valence-electron chi connectivity index (χ2n) is 5.48. The van der Waals surface area contributed by atoms with E-state index >= 15 is 0 Å². The first kappa shape index (κ1) is 12.2. The molecule has 0 radical (unpaired) electrons. The average molecular weight is 271 g/mol. The summed E-state index contributed by atoms with van der Waals surface area (Å²) in [5.74, 6) is 0. The zero-order valence-corrected chi connectivity index (χ0v) is 11.8. The molecule has 3 aromatic carbocycles. The molecule has 0 aromatic heterocycles. The SMILES string of the molecule is c1ccc(Nc2cccc3c2CCc2ccccc2-3)cc1. The summed E-state index contributed by atoms with van der Waals surface area (Å²) >= 11 is 0. The Morgan fingerprint density at radius 1 is 0.619 bits per heavy atom. The molecule has 0 fully saturated rings. The lowest BCUT2D eigenvalue weighted by molar-refractivity contribution is 0.944. The largest absolute Gasteiger partial charge is 0.355 e. The second-order valence-corrected chi connectivity index (χ2v) is 5.48. The third-order valence-corrected chi connectivity index (χ3v) is 4.18. The highest BCUT2D eigenvalue weighted by molar-refractivity contribution is 5.80. The Morgan fingerprint density at radius 2 is 1.38 bits per heavy atom. The van der Waals surface area contributed by atoms with Crippen molar-refractivity contribution in [3.05, 3.63) is 83.9 Å². The highest BCUT2D eigenvalue weighted by Crippen LogP contribution is 2.37. The van der Waals surface area contributed by atoms with Crippen molar-refractivity contribution in [2.45, 2.75) is 12.8 Å². The molecule has 0 aliphatic heterocycles. The molecule has 0 spiro atoms. The van der Waals surface area contributed by atoms with E-state index in [0.29, 0.717) is 0 Å². The minimum Gasteiger partial charge on any atom is -0.355 e. The van der Waals surface area contributed by atoms with Crippen LogP contribution in [0.15, 0.2) is 72.8 Å².